The van der Waals surface area contributed by atoms with Crippen LogP contribution in [0.25, 0.3) is 0 Å². The van der Waals surface area contributed by atoms with Gasteiger partial charge in [0.1, 0.15) is 0 Å². The summed E-state index contributed by atoms with van der Waals surface area (Å²) in [6.45, 7) is 4.39. The third-order valence-corrected chi connectivity index (χ3v) is 3.14. The summed E-state index contributed by atoms with van der Waals surface area (Å²) in [6.07, 6.45) is 0.0423. The Labute approximate surface area is 88.5 Å². The summed E-state index contributed by atoms with van der Waals surface area (Å²) in [6, 6.07) is 3.23. The van der Waals surface area contributed by atoms with Crippen LogP contribution in [0.3, 0.4) is 0 Å². The SMILES string of the molecule is CC(C)[C@H]1C[C@@H]1c1ccc(C(F)F)cn1. The van der Waals surface area contributed by atoms with E-state index in [0.717, 1.165) is 12.1 Å². The molecule has 0 radical (unpaired) electrons. The summed E-state index contributed by atoms with van der Waals surface area (Å²) < 4.78 is 24.6. The fourth-order valence-corrected chi connectivity index (χ4v) is 2.06. The molecule has 0 aliphatic heterocycles. The normalized spacial score (nSPS) is 24.9. The van der Waals surface area contributed by atoms with Crippen LogP contribution < -0.4 is 0 Å². The van der Waals surface area contributed by atoms with Crippen LogP contribution in [0.5, 0.6) is 0 Å². The smallest absolute Gasteiger partial charge is 0.261 e. The molecular weight excluding hydrogens is 196 g/mol. The van der Waals surface area contributed by atoms with Crippen molar-refractivity contribution in [2.24, 2.45) is 11.8 Å². The Bertz CT molecular complexity index is 332. The van der Waals surface area contributed by atoms with Gasteiger partial charge in [-0.2, -0.15) is 0 Å². The second-order valence-corrected chi connectivity index (χ2v) is 4.57. The van der Waals surface area contributed by atoms with Crippen molar-refractivity contribution >= 4 is 0 Å². The maximum Gasteiger partial charge on any atom is 0.265 e. The first-order valence-corrected chi connectivity index (χ1v) is 5.33. The molecule has 0 spiro atoms. The lowest BCUT2D eigenvalue weighted by molar-refractivity contribution is 0.151. The average Bonchev–Trinajstić information content (AvgIpc) is 2.97. The monoisotopic (exact) mass is 211 g/mol. The summed E-state index contributed by atoms with van der Waals surface area (Å²) in [7, 11) is 0. The van der Waals surface area contributed by atoms with Gasteiger partial charge in [0, 0.05) is 23.4 Å². The molecule has 15 heavy (non-hydrogen) atoms. The molecule has 1 aromatic heterocycles. The molecular formula is C12H15F2N. The fraction of sp³-hybridized carbons (Fsp3) is 0.583. The highest BCUT2D eigenvalue weighted by atomic mass is 19.3. The topological polar surface area (TPSA) is 12.9 Å². The zero-order chi connectivity index (χ0) is 11.0. The van der Waals surface area contributed by atoms with Crippen molar-refractivity contribution in [2.75, 3.05) is 0 Å². The van der Waals surface area contributed by atoms with Crippen molar-refractivity contribution in [3.63, 3.8) is 0 Å². The van der Waals surface area contributed by atoms with Crippen LogP contribution in [-0.4, -0.2) is 4.98 Å². The highest BCUT2D eigenvalue weighted by Gasteiger charge is 2.41. The standard InChI is InChI=1S/C12H15F2N/c1-7(2)9-5-10(9)11-4-3-8(6-15-11)12(13)14/h3-4,6-7,9-10,12H,5H2,1-2H3/t9-,10+/m1/s1. The second-order valence-electron chi connectivity index (χ2n) is 4.57. The van der Waals surface area contributed by atoms with E-state index in [9.17, 15) is 8.78 Å². The van der Waals surface area contributed by atoms with Crippen LogP contribution in [0.2, 0.25) is 0 Å². The molecule has 1 aromatic rings. The minimum atomic E-state index is -2.41. The lowest BCUT2D eigenvalue weighted by atomic mass is 10.1. The van der Waals surface area contributed by atoms with E-state index < -0.39 is 6.43 Å². The van der Waals surface area contributed by atoms with Gasteiger partial charge >= 0.3 is 0 Å². The Balaban J connectivity index is 2.06. The minimum absolute atomic E-state index is 0.0143. The van der Waals surface area contributed by atoms with E-state index in [1.807, 2.05) is 0 Å². The summed E-state index contributed by atoms with van der Waals surface area (Å²) in [5.41, 5.74) is 0.985. The van der Waals surface area contributed by atoms with Crippen LogP contribution in [-0.2, 0) is 0 Å². The molecule has 0 saturated heterocycles. The van der Waals surface area contributed by atoms with Crippen molar-refractivity contribution < 1.29 is 8.78 Å². The number of nitrogens with zero attached hydrogens (tertiary/aromatic N) is 1. The van der Waals surface area contributed by atoms with Crippen molar-refractivity contribution in [1.29, 1.82) is 0 Å². The van der Waals surface area contributed by atoms with E-state index >= 15 is 0 Å². The largest absolute Gasteiger partial charge is 0.265 e. The summed E-state index contributed by atoms with van der Waals surface area (Å²) in [5.74, 6) is 1.85. The zero-order valence-corrected chi connectivity index (χ0v) is 8.95. The molecule has 0 N–H and O–H groups in total. The Morgan fingerprint density at radius 2 is 2.07 bits per heavy atom. The number of pyridine rings is 1. The third kappa shape index (κ3) is 2.16. The zero-order valence-electron chi connectivity index (χ0n) is 8.95. The Morgan fingerprint density at radius 3 is 2.47 bits per heavy atom. The van der Waals surface area contributed by atoms with Gasteiger partial charge in [-0.05, 0) is 30.4 Å². The first-order chi connectivity index (χ1) is 7.09. The van der Waals surface area contributed by atoms with Gasteiger partial charge in [0.25, 0.3) is 6.43 Å². The molecule has 1 nitrogen and oxygen atoms in total. The predicted octanol–water partition coefficient (Wildman–Crippen LogP) is 3.78. The number of rotatable bonds is 3. The number of alkyl halides is 2. The quantitative estimate of drug-likeness (QED) is 0.741. The molecule has 1 aliphatic rings. The Morgan fingerprint density at radius 1 is 1.33 bits per heavy atom. The number of halogens is 2. The first kappa shape index (κ1) is 10.5. The molecule has 1 fully saturated rings. The molecule has 82 valence electrons. The molecule has 2 rings (SSSR count). The third-order valence-electron chi connectivity index (χ3n) is 3.14. The van der Waals surface area contributed by atoms with Crippen LogP contribution in [0, 0.1) is 11.8 Å². The van der Waals surface area contributed by atoms with Gasteiger partial charge in [-0.15, -0.1) is 0 Å². The molecule has 0 bridgehead atoms. The fourth-order valence-electron chi connectivity index (χ4n) is 2.06. The van der Waals surface area contributed by atoms with Crippen LogP contribution in [0.4, 0.5) is 8.78 Å². The van der Waals surface area contributed by atoms with E-state index in [1.165, 1.54) is 12.3 Å². The van der Waals surface area contributed by atoms with E-state index in [4.69, 9.17) is 0 Å². The maximum atomic E-state index is 12.3. The molecule has 0 unspecified atom stereocenters. The number of hydrogen-bond acceptors (Lipinski definition) is 1. The molecule has 1 aliphatic carbocycles. The van der Waals surface area contributed by atoms with E-state index in [0.29, 0.717) is 17.8 Å². The number of aromatic nitrogens is 1. The molecule has 0 aromatic carbocycles. The minimum Gasteiger partial charge on any atom is -0.261 e. The van der Waals surface area contributed by atoms with Crippen molar-refractivity contribution in [3.05, 3.63) is 29.6 Å². The van der Waals surface area contributed by atoms with Crippen molar-refractivity contribution in [3.8, 4) is 0 Å². The Hall–Kier alpha value is -0.990. The van der Waals surface area contributed by atoms with Crippen molar-refractivity contribution in [1.82, 2.24) is 4.98 Å². The highest BCUT2D eigenvalue weighted by molar-refractivity contribution is 5.22. The maximum absolute atomic E-state index is 12.3. The van der Waals surface area contributed by atoms with Crippen LogP contribution in [0.15, 0.2) is 18.3 Å². The first-order valence-electron chi connectivity index (χ1n) is 5.33. The van der Waals surface area contributed by atoms with Gasteiger partial charge < -0.3 is 0 Å². The molecule has 1 saturated carbocycles. The summed E-state index contributed by atoms with van der Waals surface area (Å²) in [5, 5.41) is 0. The van der Waals surface area contributed by atoms with Gasteiger partial charge in [-0.3, -0.25) is 4.98 Å². The number of hydrogen-bond donors (Lipinski definition) is 0. The molecule has 2 atom stereocenters. The summed E-state index contributed by atoms with van der Waals surface area (Å²) >= 11 is 0. The average molecular weight is 211 g/mol. The van der Waals surface area contributed by atoms with Crippen LogP contribution >= 0.6 is 0 Å². The van der Waals surface area contributed by atoms with E-state index in [1.54, 1.807) is 6.07 Å². The molecule has 0 amide bonds. The van der Waals surface area contributed by atoms with E-state index in [2.05, 4.69) is 18.8 Å². The summed E-state index contributed by atoms with van der Waals surface area (Å²) in [4.78, 5) is 4.11. The van der Waals surface area contributed by atoms with Gasteiger partial charge in [0.05, 0.1) is 0 Å². The second kappa shape index (κ2) is 3.87. The van der Waals surface area contributed by atoms with Gasteiger partial charge in [-0.25, -0.2) is 8.78 Å². The van der Waals surface area contributed by atoms with Gasteiger partial charge in [-0.1, -0.05) is 13.8 Å². The highest BCUT2D eigenvalue weighted by Crippen LogP contribution is 2.50. The van der Waals surface area contributed by atoms with Gasteiger partial charge in [0.2, 0.25) is 0 Å². The lowest BCUT2D eigenvalue weighted by Crippen LogP contribution is -1.95. The van der Waals surface area contributed by atoms with Crippen LogP contribution in [0.1, 0.15) is 43.9 Å². The van der Waals surface area contributed by atoms with Crippen molar-refractivity contribution in [2.45, 2.75) is 32.6 Å². The van der Waals surface area contributed by atoms with E-state index in [-0.39, 0.29) is 5.56 Å². The molecule has 3 heteroatoms. The predicted molar refractivity (Wildman–Crippen MR) is 54.9 cm³/mol. The van der Waals surface area contributed by atoms with Gasteiger partial charge in [0.15, 0.2) is 0 Å². The Kier molecular flexibility index (Phi) is 2.72. The lowest BCUT2D eigenvalue weighted by Gasteiger charge is -2.04. The molecule has 1 heterocycles.